The number of amides is 1. The highest BCUT2D eigenvalue weighted by Crippen LogP contribution is 2.40. The number of hydrogen-bond donors (Lipinski definition) is 2. The molecule has 2 aliphatic heterocycles. The van der Waals surface area contributed by atoms with Crippen molar-refractivity contribution in [3.8, 4) is 17.0 Å². The molecule has 39 heavy (non-hydrogen) atoms. The number of hydrogen-bond acceptors (Lipinski definition) is 8. The molecule has 2 aromatic heterocycles. The van der Waals surface area contributed by atoms with E-state index in [4.69, 9.17) is 15.5 Å². The predicted molar refractivity (Wildman–Crippen MR) is 149 cm³/mol. The Morgan fingerprint density at radius 3 is 2.56 bits per heavy atom. The fourth-order valence-corrected chi connectivity index (χ4v) is 6.25. The van der Waals surface area contributed by atoms with Crippen LogP contribution in [0, 0.1) is 11.7 Å². The average Bonchev–Trinajstić information content (AvgIpc) is 3.14. The summed E-state index contributed by atoms with van der Waals surface area (Å²) in [6, 6.07) is 12.1. The van der Waals surface area contributed by atoms with Gasteiger partial charge in [-0.15, -0.1) is 0 Å². The van der Waals surface area contributed by atoms with Crippen LogP contribution in [-0.2, 0) is 10.0 Å². The molecule has 0 saturated carbocycles. The second-order valence-electron chi connectivity index (χ2n) is 10.5. The molecular formula is C28H34FN5O4S. The van der Waals surface area contributed by atoms with E-state index in [0.717, 1.165) is 32.1 Å². The van der Waals surface area contributed by atoms with Gasteiger partial charge in [-0.3, -0.25) is 4.79 Å². The monoisotopic (exact) mass is 555 g/mol. The van der Waals surface area contributed by atoms with Crippen LogP contribution in [0.1, 0.15) is 57.7 Å². The summed E-state index contributed by atoms with van der Waals surface area (Å²) in [5.41, 5.74) is 6.73. The number of nitrogens with two attached hydrogens (primary N) is 1. The first-order valence-electron chi connectivity index (χ1n) is 13.1. The van der Waals surface area contributed by atoms with E-state index in [1.54, 1.807) is 18.2 Å². The molecule has 2 bridgehead atoms. The van der Waals surface area contributed by atoms with Crippen molar-refractivity contribution >= 4 is 27.6 Å². The topological polar surface area (TPSA) is 128 Å². The van der Waals surface area contributed by atoms with Gasteiger partial charge < -0.3 is 15.4 Å². The Labute approximate surface area is 229 Å². The quantitative estimate of drug-likeness (QED) is 0.406. The fourth-order valence-electron chi connectivity index (χ4n) is 5.31. The summed E-state index contributed by atoms with van der Waals surface area (Å²) in [5, 5.41) is -0.353. The Morgan fingerprint density at radius 1 is 1.13 bits per heavy atom. The van der Waals surface area contributed by atoms with Gasteiger partial charge in [-0.2, -0.15) is 8.42 Å². The van der Waals surface area contributed by atoms with E-state index >= 15 is 0 Å². The normalized spacial score (nSPS) is 18.8. The molecule has 2 aliphatic rings. The highest BCUT2D eigenvalue weighted by molar-refractivity contribution is 7.90. The van der Waals surface area contributed by atoms with Crippen LogP contribution in [0.4, 0.5) is 16.0 Å². The number of fused-ring (bicyclic) bond motifs is 2. The number of sulfonamides is 1. The Bertz CT molecular complexity index is 1490. The van der Waals surface area contributed by atoms with Gasteiger partial charge in [-0.1, -0.05) is 19.9 Å². The lowest BCUT2D eigenvalue weighted by Gasteiger charge is -2.37. The number of rotatable bonds is 8. The zero-order valence-corrected chi connectivity index (χ0v) is 22.7. The lowest BCUT2D eigenvalue weighted by molar-refractivity contribution is 0.0981. The standard InChI is InChI=1S/C28H32FN5O4S.H2/c1-17(2)16-38-22-14-18(13-19(29)15-22)24-12-11-23(27(31-24)34-20-5-3-6-21(34)10-9-20)28(35)33-39(36,37)26-8-4-7-25(30)32-26;/h4,7-8,11-15,17,20-21H,3,5-6,9-10,16H2,1-2H3,(H2,30,32)(H,33,35);1H/t20-,21?;/m0./s1. The molecule has 1 aromatic carbocycles. The van der Waals surface area contributed by atoms with Crippen LogP contribution in [0.3, 0.4) is 0 Å². The number of halogens is 1. The van der Waals surface area contributed by atoms with E-state index < -0.39 is 21.7 Å². The van der Waals surface area contributed by atoms with Crippen molar-refractivity contribution in [2.24, 2.45) is 5.92 Å². The van der Waals surface area contributed by atoms with E-state index in [1.165, 1.54) is 30.3 Å². The second-order valence-corrected chi connectivity index (χ2v) is 12.1. The Morgan fingerprint density at radius 2 is 1.87 bits per heavy atom. The number of nitrogens with one attached hydrogen (secondary N) is 1. The van der Waals surface area contributed by atoms with Crippen molar-refractivity contribution in [2.45, 2.75) is 63.1 Å². The first kappa shape index (κ1) is 26.9. The summed E-state index contributed by atoms with van der Waals surface area (Å²) in [7, 11) is -4.28. The van der Waals surface area contributed by atoms with E-state index in [9.17, 15) is 17.6 Å². The molecule has 4 heterocycles. The van der Waals surface area contributed by atoms with E-state index in [-0.39, 0.29) is 35.8 Å². The van der Waals surface area contributed by atoms with Gasteiger partial charge in [0.05, 0.1) is 17.9 Å². The zero-order chi connectivity index (χ0) is 27.7. The number of anilines is 2. The minimum atomic E-state index is -4.28. The SMILES string of the molecule is CC(C)COc1cc(F)cc(-c2ccc(C(=O)NS(=O)(=O)c3cccc(N)n3)c(N3C4CCC[C@H]3CC4)n2)c1.[HH]. The molecule has 2 saturated heterocycles. The van der Waals surface area contributed by atoms with Gasteiger partial charge in [0, 0.05) is 25.1 Å². The molecule has 3 aromatic rings. The van der Waals surface area contributed by atoms with Crippen molar-refractivity contribution in [3.05, 3.63) is 59.9 Å². The molecule has 1 unspecified atom stereocenters. The van der Waals surface area contributed by atoms with Gasteiger partial charge in [0.25, 0.3) is 15.9 Å². The maximum absolute atomic E-state index is 14.5. The molecule has 5 rings (SSSR count). The van der Waals surface area contributed by atoms with Crippen LogP contribution in [0.2, 0.25) is 0 Å². The molecule has 1 amide bonds. The van der Waals surface area contributed by atoms with Crippen LogP contribution < -0.4 is 20.1 Å². The van der Waals surface area contributed by atoms with Crippen LogP contribution >= 0.6 is 0 Å². The number of pyridine rings is 2. The number of ether oxygens (including phenoxy) is 1. The van der Waals surface area contributed by atoms with Gasteiger partial charge >= 0.3 is 0 Å². The lowest BCUT2D eigenvalue weighted by atomic mass is 10.0. The molecule has 11 heteroatoms. The van der Waals surface area contributed by atoms with Gasteiger partial charge in [0.15, 0.2) is 5.03 Å². The molecule has 208 valence electrons. The van der Waals surface area contributed by atoms with Crippen molar-refractivity contribution < 1.29 is 23.8 Å². The largest absolute Gasteiger partial charge is 0.493 e. The van der Waals surface area contributed by atoms with Gasteiger partial charge in [-0.25, -0.2) is 19.1 Å². The number of nitrogens with zero attached hydrogens (tertiary/aromatic N) is 3. The smallest absolute Gasteiger partial charge is 0.281 e. The van der Waals surface area contributed by atoms with Gasteiger partial charge in [-0.05, 0) is 74.4 Å². The highest BCUT2D eigenvalue weighted by atomic mass is 32.2. The van der Waals surface area contributed by atoms with Crippen molar-refractivity contribution in [1.29, 1.82) is 0 Å². The van der Waals surface area contributed by atoms with Crippen LogP contribution in [0.15, 0.2) is 53.6 Å². The van der Waals surface area contributed by atoms with Crippen LogP contribution in [0.25, 0.3) is 11.3 Å². The maximum Gasteiger partial charge on any atom is 0.281 e. The van der Waals surface area contributed by atoms with Gasteiger partial charge in [0.2, 0.25) is 0 Å². The summed E-state index contributed by atoms with van der Waals surface area (Å²) in [6.45, 7) is 4.45. The molecule has 0 spiro atoms. The molecule has 0 aliphatic carbocycles. The van der Waals surface area contributed by atoms with Crippen LogP contribution in [-0.4, -0.2) is 43.0 Å². The Balaban J connectivity index is 0.00000370. The van der Waals surface area contributed by atoms with Crippen molar-refractivity contribution in [1.82, 2.24) is 14.7 Å². The molecule has 2 fully saturated rings. The number of aromatic nitrogens is 2. The minimum absolute atomic E-state index is 0. The first-order chi connectivity index (χ1) is 18.6. The number of nitrogen functional groups attached to an aromatic ring is 1. The number of benzene rings is 1. The zero-order valence-electron chi connectivity index (χ0n) is 21.9. The third kappa shape index (κ3) is 5.83. The van der Waals surface area contributed by atoms with E-state index in [1.807, 2.05) is 13.8 Å². The fraction of sp³-hybridized carbons (Fsp3) is 0.393. The highest BCUT2D eigenvalue weighted by Gasteiger charge is 2.39. The van der Waals surface area contributed by atoms with Crippen molar-refractivity contribution in [3.63, 3.8) is 0 Å². The number of carbonyl (C=O) groups is 1. The molecule has 3 N–H and O–H groups in total. The minimum Gasteiger partial charge on any atom is -0.493 e. The molecule has 9 nitrogen and oxygen atoms in total. The predicted octanol–water partition coefficient (Wildman–Crippen LogP) is 4.79. The second kappa shape index (κ2) is 10.8. The summed E-state index contributed by atoms with van der Waals surface area (Å²) >= 11 is 0. The van der Waals surface area contributed by atoms with Crippen LogP contribution in [0.5, 0.6) is 5.75 Å². The molecule has 2 atom stereocenters. The Hall–Kier alpha value is -3.73. The summed E-state index contributed by atoms with van der Waals surface area (Å²) < 4.78 is 48.3. The van der Waals surface area contributed by atoms with E-state index in [0.29, 0.717) is 29.4 Å². The summed E-state index contributed by atoms with van der Waals surface area (Å²) in [6.07, 6.45) is 4.94. The first-order valence-corrected chi connectivity index (χ1v) is 14.6. The van der Waals surface area contributed by atoms with Crippen molar-refractivity contribution in [2.75, 3.05) is 17.2 Å². The number of carbonyl (C=O) groups excluding carboxylic acids is 1. The van der Waals surface area contributed by atoms with Gasteiger partial charge in [0.1, 0.15) is 23.2 Å². The Kier molecular flexibility index (Phi) is 7.44. The molecule has 0 radical (unpaired) electrons. The lowest BCUT2D eigenvalue weighted by Crippen LogP contribution is -2.42. The third-order valence-corrected chi connectivity index (χ3v) is 8.29. The number of piperidine rings is 1. The van der Waals surface area contributed by atoms with E-state index in [2.05, 4.69) is 14.6 Å². The average molecular weight is 556 g/mol. The molecular weight excluding hydrogens is 521 g/mol. The summed E-state index contributed by atoms with van der Waals surface area (Å²) in [5.74, 6) is -0.209. The summed E-state index contributed by atoms with van der Waals surface area (Å²) in [4.78, 5) is 24.2. The maximum atomic E-state index is 14.5. The third-order valence-electron chi connectivity index (χ3n) is 7.06.